The maximum atomic E-state index is 12.4. The van der Waals surface area contributed by atoms with Gasteiger partial charge in [-0.2, -0.15) is 0 Å². The highest BCUT2D eigenvalue weighted by molar-refractivity contribution is 8.14. The monoisotopic (exact) mass is 995 g/mol. The minimum Gasteiger partial charge on any atom is -0.481 e. The second kappa shape index (κ2) is 23.7. The summed E-state index contributed by atoms with van der Waals surface area (Å²) in [4.78, 5) is 57.0. The van der Waals surface area contributed by atoms with Crippen LogP contribution in [0.15, 0.2) is 203 Å². The maximum absolute atomic E-state index is 12.4. The second-order valence-corrected chi connectivity index (χ2v) is 18.3. The quantitative estimate of drug-likeness (QED) is 0.0266. The van der Waals surface area contributed by atoms with Crippen molar-refractivity contribution in [2.24, 2.45) is 9.98 Å². The number of aliphatic imine (C=N–C) groups is 2. The number of carboxylic acid groups (broad SMARTS) is 1. The molecule has 0 fully saturated rings. The summed E-state index contributed by atoms with van der Waals surface area (Å²) in [6.07, 6.45) is 13.8. The Balaban J connectivity index is 0.937. The van der Waals surface area contributed by atoms with Crippen LogP contribution in [0, 0.1) is 0 Å². The van der Waals surface area contributed by atoms with Crippen LogP contribution in [0.25, 0.3) is 48.1 Å². The van der Waals surface area contributed by atoms with Crippen molar-refractivity contribution in [3.05, 3.63) is 243 Å². The van der Waals surface area contributed by atoms with Crippen molar-refractivity contribution in [3.8, 4) is 0 Å². The number of carbonyl (C=O) groups excluding carboxylic acids is 3. The lowest BCUT2D eigenvalue weighted by Gasteiger charge is -2.26. The van der Waals surface area contributed by atoms with Gasteiger partial charge in [0.25, 0.3) is 18.3 Å². The highest BCUT2D eigenvalue weighted by Gasteiger charge is 2.22. The summed E-state index contributed by atoms with van der Waals surface area (Å²) in [5.74, 6) is -1.79. The van der Waals surface area contributed by atoms with E-state index in [9.17, 15) is 19.2 Å². The van der Waals surface area contributed by atoms with Crippen molar-refractivity contribution in [3.63, 3.8) is 0 Å². The van der Waals surface area contributed by atoms with Crippen molar-refractivity contribution >= 4 is 123 Å². The molecule has 0 bridgehead atoms. The Bertz CT molecular complexity index is 3310. The summed E-state index contributed by atoms with van der Waals surface area (Å²) >= 11 is 2.10. The van der Waals surface area contributed by atoms with Gasteiger partial charge in [0.15, 0.2) is 10.3 Å². The topological polar surface area (TPSA) is 150 Å². The number of nitrogens with zero attached hydrogens (tertiary/aromatic N) is 3. The number of benzene rings is 7. The number of anilines is 3. The fraction of sp³-hybridized carbons (Fsp3) is 0.0333. The minimum atomic E-state index is -0.983. The zero-order chi connectivity index (χ0) is 50.4. The number of hydrogen-bond acceptors (Lipinski definition) is 10. The SMILES string of the molecule is O=COCSC1=NC(=Cc2ccc(C=Cc3ccc(N(c4ccc(C=Cc5ccc(C=C6N=C(SCC(=O)O)NC6=O)cc5)cc4)c4ccc(C=C(c5ccccc5)c5ccccc5)cc4)cc3)cc2)C(=O)N1. The van der Waals surface area contributed by atoms with Gasteiger partial charge in [0, 0.05) is 17.1 Å². The Morgan fingerprint density at radius 1 is 0.507 bits per heavy atom. The second-order valence-electron chi connectivity index (χ2n) is 16.4. The van der Waals surface area contributed by atoms with Gasteiger partial charge in [-0.15, -0.1) is 0 Å². The zero-order valence-electron chi connectivity index (χ0n) is 39.0. The highest BCUT2D eigenvalue weighted by Crippen LogP contribution is 2.36. The molecule has 2 heterocycles. The number of amides is 2. The van der Waals surface area contributed by atoms with Crippen LogP contribution in [-0.2, 0) is 23.9 Å². The number of nitrogens with one attached hydrogen (secondary N) is 2. The predicted octanol–water partition coefficient (Wildman–Crippen LogP) is 12.4. The van der Waals surface area contributed by atoms with E-state index in [1.807, 2.05) is 72.8 Å². The van der Waals surface area contributed by atoms with Crippen molar-refractivity contribution in [1.29, 1.82) is 0 Å². The fourth-order valence-electron chi connectivity index (χ4n) is 7.76. The third-order valence-corrected chi connectivity index (χ3v) is 12.9. The Labute approximate surface area is 430 Å². The number of ether oxygens (including phenoxy) is 1. The normalized spacial score (nSPS) is 14.2. The Hall–Kier alpha value is -9.04. The predicted molar refractivity (Wildman–Crippen MR) is 299 cm³/mol. The molecule has 7 aromatic carbocycles. The van der Waals surface area contributed by atoms with Crippen molar-refractivity contribution in [1.82, 2.24) is 10.6 Å². The molecule has 73 heavy (non-hydrogen) atoms. The van der Waals surface area contributed by atoms with Gasteiger partial charge in [0.05, 0.1) is 5.75 Å². The lowest BCUT2D eigenvalue weighted by Crippen LogP contribution is -2.22. The molecular weight excluding hydrogens is 951 g/mol. The van der Waals surface area contributed by atoms with Crippen molar-refractivity contribution in [2.75, 3.05) is 16.6 Å². The van der Waals surface area contributed by atoms with Gasteiger partial charge < -0.3 is 14.7 Å². The molecular formula is C60H45N5O6S2. The van der Waals surface area contributed by atoms with Gasteiger partial charge in [0.1, 0.15) is 17.3 Å². The van der Waals surface area contributed by atoms with Gasteiger partial charge >= 0.3 is 5.97 Å². The van der Waals surface area contributed by atoms with Gasteiger partial charge in [-0.25, -0.2) is 9.98 Å². The molecule has 0 radical (unpaired) electrons. The third-order valence-electron chi connectivity index (χ3n) is 11.4. The average Bonchev–Trinajstić information content (AvgIpc) is 3.96. The molecule has 2 aliphatic heterocycles. The molecule has 0 saturated carbocycles. The fourth-order valence-corrected chi connectivity index (χ4v) is 8.91. The van der Waals surface area contributed by atoms with Crippen LogP contribution in [0.1, 0.15) is 50.1 Å². The first kappa shape index (κ1) is 49.0. The summed E-state index contributed by atoms with van der Waals surface area (Å²) in [7, 11) is 0. The van der Waals surface area contributed by atoms with Crippen LogP contribution in [0.4, 0.5) is 17.1 Å². The molecule has 2 amide bonds. The van der Waals surface area contributed by atoms with Crippen LogP contribution in [0.5, 0.6) is 0 Å². The van der Waals surface area contributed by atoms with Crippen LogP contribution < -0.4 is 15.5 Å². The van der Waals surface area contributed by atoms with Gasteiger partial charge in [-0.3, -0.25) is 29.8 Å². The Morgan fingerprint density at radius 3 is 1.27 bits per heavy atom. The van der Waals surface area contributed by atoms with Gasteiger partial charge in [-0.1, -0.05) is 182 Å². The highest BCUT2D eigenvalue weighted by atomic mass is 32.2. The lowest BCUT2D eigenvalue weighted by atomic mass is 9.95. The smallest absolute Gasteiger partial charge is 0.313 e. The third kappa shape index (κ3) is 13.2. The van der Waals surface area contributed by atoms with Gasteiger partial charge in [0.2, 0.25) is 0 Å². The summed E-state index contributed by atoms with van der Waals surface area (Å²) in [5.41, 5.74) is 13.6. The summed E-state index contributed by atoms with van der Waals surface area (Å²) in [6.45, 7) is 0.352. The van der Waals surface area contributed by atoms with E-state index in [2.05, 4.69) is 170 Å². The molecule has 0 aliphatic carbocycles. The van der Waals surface area contributed by atoms with Crippen LogP contribution in [-0.4, -0.2) is 51.4 Å². The minimum absolute atomic E-state index is 0.0634. The molecule has 11 nitrogen and oxygen atoms in total. The van der Waals surface area contributed by atoms with Crippen molar-refractivity contribution < 1.29 is 29.0 Å². The number of rotatable bonds is 17. The number of aliphatic carboxylic acids is 1. The van der Waals surface area contributed by atoms with E-state index < -0.39 is 5.97 Å². The number of thioether (sulfide) groups is 2. The van der Waals surface area contributed by atoms with E-state index in [-0.39, 0.29) is 40.1 Å². The maximum Gasteiger partial charge on any atom is 0.313 e. The first-order valence-electron chi connectivity index (χ1n) is 23.0. The van der Waals surface area contributed by atoms with E-state index >= 15 is 0 Å². The first-order chi connectivity index (χ1) is 35.7. The largest absolute Gasteiger partial charge is 0.481 e. The average molecular weight is 996 g/mol. The lowest BCUT2D eigenvalue weighted by molar-refractivity contribution is -0.134. The van der Waals surface area contributed by atoms with E-state index in [0.717, 1.165) is 96.2 Å². The zero-order valence-corrected chi connectivity index (χ0v) is 40.6. The molecule has 2 aliphatic rings. The van der Waals surface area contributed by atoms with E-state index in [1.54, 1.807) is 12.2 Å². The number of hydrogen-bond donors (Lipinski definition) is 3. The molecule has 13 heteroatoms. The first-order valence-corrected chi connectivity index (χ1v) is 25.0. The van der Waals surface area contributed by atoms with E-state index in [0.29, 0.717) is 11.6 Å². The van der Waals surface area contributed by atoms with Crippen molar-refractivity contribution in [2.45, 2.75) is 0 Å². The Morgan fingerprint density at radius 2 is 0.877 bits per heavy atom. The number of carboxylic acids is 1. The van der Waals surface area contributed by atoms with Crippen LogP contribution in [0.2, 0.25) is 0 Å². The molecule has 7 aromatic rings. The summed E-state index contributed by atoms with van der Waals surface area (Å²) in [6, 6.07) is 61.9. The summed E-state index contributed by atoms with van der Waals surface area (Å²) < 4.78 is 4.69. The van der Waals surface area contributed by atoms with Gasteiger partial charge in [-0.05, 0) is 122 Å². The molecule has 0 unspecified atom stereocenters. The van der Waals surface area contributed by atoms with Crippen LogP contribution in [0.3, 0.4) is 0 Å². The molecule has 3 N–H and O–H groups in total. The molecule has 0 spiro atoms. The van der Waals surface area contributed by atoms with E-state index in [4.69, 9.17) is 5.11 Å². The number of carbonyl (C=O) groups is 4. The Kier molecular flexibility index (Phi) is 15.9. The molecule has 0 atom stereocenters. The standard InChI is InChI=1S/C60H45N5O6S2/c66-39-71-40-73-60-62-55(58(70)64-60)37-47-21-17-42(18-22-47)12-14-44-25-31-51(32-26-44)65(52-33-27-45(28-34-52)35-53(48-7-3-1-4-8-48)49-9-5-2-6-10-49)50-29-23-43(24-30-50)13-11-41-15-19-46(20-16-41)36-54-57(69)63-59(61-54)72-38-56(67)68/h1-37,39H,38,40H2,(H,67,68)(H,61,63,69)(H,62,64,70). The number of amidine groups is 2. The van der Waals surface area contributed by atoms with Crippen LogP contribution >= 0.6 is 23.5 Å². The molecule has 0 aromatic heterocycles. The molecule has 9 rings (SSSR count). The molecule has 358 valence electrons. The summed E-state index contributed by atoms with van der Waals surface area (Å²) in [5, 5.41) is 14.9. The molecule has 0 saturated heterocycles. The van der Waals surface area contributed by atoms with E-state index in [1.165, 1.54) is 0 Å².